The van der Waals surface area contributed by atoms with Crippen LogP contribution in [0, 0.1) is 13.8 Å². The molecular weight excluding hydrogens is 326 g/mol. The number of aliphatic hydroxyl groups excluding tert-OH is 1. The minimum Gasteiger partial charge on any atom is -0.390 e. The zero-order chi connectivity index (χ0) is 16.7. The lowest BCUT2D eigenvalue weighted by atomic mass is 10.1. The fourth-order valence-corrected chi connectivity index (χ4v) is 6.32. The molecular formula is C14H21NO5S2. The first-order valence-electron chi connectivity index (χ1n) is 7.06. The maximum absolute atomic E-state index is 12.8. The number of aliphatic hydroxyl groups is 1. The van der Waals surface area contributed by atoms with Gasteiger partial charge < -0.3 is 5.11 Å². The fraction of sp³-hybridized carbons (Fsp3) is 0.571. The second-order valence-electron chi connectivity index (χ2n) is 5.67. The molecule has 1 aromatic carbocycles. The van der Waals surface area contributed by atoms with Gasteiger partial charge in [0, 0.05) is 6.54 Å². The Labute approximate surface area is 131 Å². The largest absolute Gasteiger partial charge is 0.390 e. The molecule has 1 saturated heterocycles. The first kappa shape index (κ1) is 17.4. The van der Waals surface area contributed by atoms with Gasteiger partial charge in [0.2, 0.25) is 10.0 Å². The first-order valence-corrected chi connectivity index (χ1v) is 10.3. The molecule has 1 aliphatic rings. The van der Waals surface area contributed by atoms with Crippen molar-refractivity contribution in [1.29, 1.82) is 0 Å². The lowest BCUT2D eigenvalue weighted by Crippen LogP contribution is -2.46. The summed E-state index contributed by atoms with van der Waals surface area (Å²) >= 11 is 0. The van der Waals surface area contributed by atoms with Gasteiger partial charge >= 0.3 is 0 Å². The number of aryl methyl sites for hydroxylation is 2. The summed E-state index contributed by atoms with van der Waals surface area (Å²) in [6.07, 6.45) is -1.19. The third-order valence-corrected chi connectivity index (χ3v) is 7.75. The molecule has 1 N–H and O–H groups in total. The molecule has 0 amide bonds. The minimum atomic E-state index is -3.85. The molecule has 124 valence electrons. The molecule has 1 fully saturated rings. The number of nitrogens with zero attached hydrogens (tertiary/aromatic N) is 1. The average Bonchev–Trinajstić information content (AvgIpc) is 2.66. The van der Waals surface area contributed by atoms with E-state index in [4.69, 9.17) is 0 Å². The molecule has 2 atom stereocenters. The third-order valence-electron chi connectivity index (χ3n) is 4.06. The Morgan fingerprint density at radius 3 is 2.32 bits per heavy atom. The van der Waals surface area contributed by atoms with Crippen molar-refractivity contribution in [3.63, 3.8) is 0 Å². The highest BCUT2D eigenvalue weighted by molar-refractivity contribution is 7.92. The van der Waals surface area contributed by atoms with Crippen LogP contribution in [-0.2, 0) is 19.9 Å². The van der Waals surface area contributed by atoms with Crippen molar-refractivity contribution in [1.82, 2.24) is 4.31 Å². The van der Waals surface area contributed by atoms with Crippen molar-refractivity contribution in [2.45, 2.75) is 37.8 Å². The van der Waals surface area contributed by atoms with E-state index in [1.54, 1.807) is 19.1 Å². The summed E-state index contributed by atoms with van der Waals surface area (Å²) < 4.78 is 50.0. The molecule has 0 bridgehead atoms. The first-order chi connectivity index (χ1) is 10.1. The minimum absolute atomic E-state index is 0.104. The molecule has 22 heavy (non-hydrogen) atoms. The lowest BCUT2D eigenvalue weighted by molar-refractivity contribution is 0.130. The maximum atomic E-state index is 12.8. The number of sulfone groups is 1. The molecule has 2 rings (SSSR count). The number of rotatable bonds is 4. The van der Waals surface area contributed by atoms with Gasteiger partial charge in [-0.3, -0.25) is 0 Å². The number of likely N-dealkylation sites (N-methyl/N-ethyl adjacent to an activating group) is 1. The summed E-state index contributed by atoms with van der Waals surface area (Å²) in [6, 6.07) is 3.87. The Morgan fingerprint density at radius 1 is 1.23 bits per heavy atom. The van der Waals surface area contributed by atoms with Crippen molar-refractivity contribution in [2.75, 3.05) is 18.1 Å². The van der Waals surface area contributed by atoms with Gasteiger partial charge in [-0.1, -0.05) is 13.0 Å². The van der Waals surface area contributed by atoms with Crippen LogP contribution in [0.25, 0.3) is 0 Å². The standard InChI is InChI=1S/C14H21NO5S2/c1-4-15(13-8-21(17,18)9-14(13)16)22(19,20)12-6-5-10(2)11(3)7-12/h5-7,13-14,16H,4,8-9H2,1-3H3/t13-,14+/m0/s1. The summed E-state index contributed by atoms with van der Waals surface area (Å²) in [7, 11) is -7.26. The SMILES string of the molecule is CCN([C@H]1CS(=O)(=O)C[C@H]1O)S(=O)(=O)c1ccc(C)c(C)c1. The average molecular weight is 347 g/mol. The number of hydrogen-bond acceptors (Lipinski definition) is 5. The second kappa shape index (κ2) is 5.92. The number of sulfonamides is 1. The van der Waals surface area contributed by atoms with Crippen LogP contribution in [0.3, 0.4) is 0 Å². The van der Waals surface area contributed by atoms with E-state index in [0.29, 0.717) is 0 Å². The Hall–Kier alpha value is -0.960. The highest BCUT2D eigenvalue weighted by atomic mass is 32.2. The zero-order valence-electron chi connectivity index (χ0n) is 12.9. The normalized spacial score (nSPS) is 24.8. The molecule has 0 saturated carbocycles. The monoisotopic (exact) mass is 347 g/mol. The van der Waals surface area contributed by atoms with Gasteiger partial charge in [0.15, 0.2) is 9.84 Å². The molecule has 1 heterocycles. The molecule has 6 nitrogen and oxygen atoms in total. The van der Waals surface area contributed by atoms with E-state index < -0.39 is 37.8 Å². The van der Waals surface area contributed by atoms with Crippen LogP contribution in [0.4, 0.5) is 0 Å². The number of hydrogen-bond donors (Lipinski definition) is 1. The van der Waals surface area contributed by atoms with E-state index in [1.807, 2.05) is 13.8 Å². The quantitative estimate of drug-likeness (QED) is 0.855. The van der Waals surface area contributed by atoms with E-state index in [2.05, 4.69) is 0 Å². The van der Waals surface area contributed by atoms with Crippen LogP contribution >= 0.6 is 0 Å². The summed E-state index contributed by atoms with van der Waals surface area (Å²) in [4.78, 5) is 0.119. The maximum Gasteiger partial charge on any atom is 0.243 e. The highest BCUT2D eigenvalue weighted by Crippen LogP contribution is 2.26. The van der Waals surface area contributed by atoms with Gasteiger partial charge in [0.25, 0.3) is 0 Å². The van der Waals surface area contributed by atoms with E-state index in [0.717, 1.165) is 15.4 Å². The van der Waals surface area contributed by atoms with Gasteiger partial charge in [0.05, 0.1) is 28.5 Å². The Balaban J connectivity index is 2.43. The Bertz CT molecular complexity index is 770. The lowest BCUT2D eigenvalue weighted by Gasteiger charge is -2.28. The van der Waals surface area contributed by atoms with Crippen LogP contribution < -0.4 is 0 Å². The second-order valence-corrected chi connectivity index (χ2v) is 9.71. The van der Waals surface area contributed by atoms with Crippen molar-refractivity contribution < 1.29 is 21.9 Å². The Morgan fingerprint density at radius 2 is 1.86 bits per heavy atom. The van der Waals surface area contributed by atoms with Crippen LogP contribution in [0.15, 0.2) is 23.1 Å². The molecule has 1 aromatic rings. The van der Waals surface area contributed by atoms with Gasteiger partial charge in [0.1, 0.15) is 0 Å². The molecule has 8 heteroatoms. The molecule has 1 aliphatic heterocycles. The molecule has 0 aromatic heterocycles. The van der Waals surface area contributed by atoms with Crippen LogP contribution in [0.5, 0.6) is 0 Å². The van der Waals surface area contributed by atoms with E-state index in [1.165, 1.54) is 6.07 Å². The smallest absolute Gasteiger partial charge is 0.243 e. The van der Waals surface area contributed by atoms with Gasteiger partial charge in [-0.2, -0.15) is 4.31 Å². The van der Waals surface area contributed by atoms with Gasteiger partial charge in [-0.25, -0.2) is 16.8 Å². The van der Waals surface area contributed by atoms with Crippen LogP contribution in [-0.4, -0.2) is 56.4 Å². The fourth-order valence-electron chi connectivity index (χ4n) is 2.68. The number of benzene rings is 1. The topological polar surface area (TPSA) is 91.8 Å². The van der Waals surface area contributed by atoms with Gasteiger partial charge in [-0.05, 0) is 37.1 Å². The highest BCUT2D eigenvalue weighted by Gasteiger charge is 2.44. The molecule has 0 aliphatic carbocycles. The summed E-state index contributed by atoms with van der Waals surface area (Å²) in [6.45, 7) is 5.44. The summed E-state index contributed by atoms with van der Waals surface area (Å²) in [5.74, 6) is -0.733. The molecule has 0 spiro atoms. The van der Waals surface area contributed by atoms with Crippen molar-refractivity contribution in [2.24, 2.45) is 0 Å². The van der Waals surface area contributed by atoms with E-state index in [9.17, 15) is 21.9 Å². The third kappa shape index (κ3) is 3.19. The van der Waals surface area contributed by atoms with E-state index >= 15 is 0 Å². The van der Waals surface area contributed by atoms with E-state index in [-0.39, 0.29) is 17.2 Å². The van der Waals surface area contributed by atoms with Crippen molar-refractivity contribution >= 4 is 19.9 Å². The molecule has 0 unspecified atom stereocenters. The predicted octanol–water partition coefficient (Wildman–Crippen LogP) is 0.472. The van der Waals surface area contributed by atoms with Crippen molar-refractivity contribution in [3.8, 4) is 0 Å². The predicted molar refractivity (Wildman–Crippen MR) is 83.9 cm³/mol. The zero-order valence-corrected chi connectivity index (χ0v) is 14.5. The molecule has 0 radical (unpaired) electrons. The van der Waals surface area contributed by atoms with Gasteiger partial charge in [-0.15, -0.1) is 0 Å². The van der Waals surface area contributed by atoms with Crippen LogP contribution in [0.2, 0.25) is 0 Å². The summed E-state index contributed by atoms with van der Waals surface area (Å²) in [5, 5.41) is 9.95. The summed E-state index contributed by atoms with van der Waals surface area (Å²) in [5.41, 5.74) is 1.82. The van der Waals surface area contributed by atoms with Crippen molar-refractivity contribution in [3.05, 3.63) is 29.3 Å². The van der Waals surface area contributed by atoms with Crippen LogP contribution in [0.1, 0.15) is 18.1 Å². The Kier molecular flexibility index (Phi) is 4.68.